The number of piperidine rings is 1. The second kappa shape index (κ2) is 5.04. The van der Waals surface area contributed by atoms with E-state index in [9.17, 15) is 4.79 Å². The molecule has 0 aliphatic carbocycles. The molecular formula is C11H17NO. The van der Waals surface area contributed by atoms with Crippen LogP contribution in [0.2, 0.25) is 0 Å². The zero-order valence-corrected chi connectivity index (χ0v) is 8.20. The number of hydrogen-bond donors (Lipinski definition) is 0. The molecule has 1 heterocycles. The van der Waals surface area contributed by atoms with Gasteiger partial charge in [-0.3, -0.25) is 4.90 Å². The molecule has 0 aromatic heterocycles. The predicted octanol–water partition coefficient (Wildman–Crippen LogP) is 1.31. The van der Waals surface area contributed by atoms with Crippen molar-refractivity contribution in [1.29, 1.82) is 0 Å². The highest BCUT2D eigenvalue weighted by Crippen LogP contribution is 2.20. The van der Waals surface area contributed by atoms with Crippen molar-refractivity contribution in [2.75, 3.05) is 13.1 Å². The van der Waals surface area contributed by atoms with Crippen LogP contribution in [0.5, 0.6) is 0 Å². The van der Waals surface area contributed by atoms with Gasteiger partial charge in [0.05, 0.1) is 6.04 Å². The van der Waals surface area contributed by atoms with Crippen molar-refractivity contribution in [3.8, 4) is 12.3 Å². The normalized spacial score (nSPS) is 22.2. The van der Waals surface area contributed by atoms with Gasteiger partial charge in [-0.15, -0.1) is 12.3 Å². The lowest BCUT2D eigenvalue weighted by atomic mass is 9.93. The second-order valence-corrected chi connectivity index (χ2v) is 3.76. The Balaban J connectivity index is 2.31. The van der Waals surface area contributed by atoms with Crippen LogP contribution < -0.4 is 0 Å². The summed E-state index contributed by atoms with van der Waals surface area (Å²) in [6.07, 6.45) is 9.45. The van der Waals surface area contributed by atoms with Gasteiger partial charge in [-0.2, -0.15) is 0 Å². The summed E-state index contributed by atoms with van der Waals surface area (Å²) in [5, 5.41) is 0. The molecule has 0 radical (unpaired) electrons. The topological polar surface area (TPSA) is 20.3 Å². The monoisotopic (exact) mass is 179 g/mol. The summed E-state index contributed by atoms with van der Waals surface area (Å²) < 4.78 is 0. The van der Waals surface area contributed by atoms with Crippen LogP contribution in [-0.4, -0.2) is 30.3 Å². The first-order valence-electron chi connectivity index (χ1n) is 4.90. The molecule has 2 nitrogen and oxygen atoms in total. The number of rotatable bonds is 3. The van der Waals surface area contributed by atoms with Gasteiger partial charge in [-0.1, -0.05) is 0 Å². The molecular weight excluding hydrogens is 162 g/mol. The van der Waals surface area contributed by atoms with Crippen molar-refractivity contribution in [1.82, 2.24) is 4.90 Å². The molecule has 0 bridgehead atoms. The molecule has 0 spiro atoms. The lowest BCUT2D eigenvalue weighted by molar-refractivity contribution is -0.112. The Bertz CT molecular complexity index is 199. The van der Waals surface area contributed by atoms with Gasteiger partial charge in [0.1, 0.15) is 6.29 Å². The number of aldehydes is 1. The Hall–Kier alpha value is -0.810. The lowest BCUT2D eigenvalue weighted by Crippen LogP contribution is -2.40. The zero-order valence-electron chi connectivity index (χ0n) is 8.20. The third-order valence-corrected chi connectivity index (χ3v) is 2.83. The van der Waals surface area contributed by atoms with Crippen molar-refractivity contribution < 1.29 is 4.79 Å². The minimum absolute atomic E-state index is 0.0757. The standard InChI is InChI=1S/C11H17NO/c1-3-4-11-5-7-12(8-6-11)10(2)9-13/h1,9-11H,4-8H2,2H3. The van der Waals surface area contributed by atoms with Crippen LogP contribution in [0.1, 0.15) is 26.2 Å². The Morgan fingerprint density at radius 2 is 2.23 bits per heavy atom. The molecule has 72 valence electrons. The van der Waals surface area contributed by atoms with Crippen LogP contribution in [-0.2, 0) is 4.79 Å². The molecule has 0 aromatic rings. The van der Waals surface area contributed by atoms with Gasteiger partial charge in [0.2, 0.25) is 0 Å². The van der Waals surface area contributed by atoms with Crippen molar-refractivity contribution >= 4 is 6.29 Å². The maximum atomic E-state index is 10.5. The van der Waals surface area contributed by atoms with Crippen LogP contribution in [0.4, 0.5) is 0 Å². The minimum atomic E-state index is 0.0757. The van der Waals surface area contributed by atoms with E-state index in [0.29, 0.717) is 5.92 Å². The Labute approximate surface area is 80.3 Å². The van der Waals surface area contributed by atoms with Gasteiger partial charge in [0.25, 0.3) is 0 Å². The van der Waals surface area contributed by atoms with Crippen LogP contribution in [0.15, 0.2) is 0 Å². The summed E-state index contributed by atoms with van der Waals surface area (Å²) in [5.41, 5.74) is 0. The van der Waals surface area contributed by atoms with Crippen LogP contribution in [0.25, 0.3) is 0 Å². The number of terminal acetylenes is 1. The van der Waals surface area contributed by atoms with E-state index < -0.39 is 0 Å². The average Bonchev–Trinajstić information content (AvgIpc) is 2.18. The SMILES string of the molecule is C#CCC1CCN(C(C)C=O)CC1. The van der Waals surface area contributed by atoms with E-state index in [-0.39, 0.29) is 6.04 Å². The van der Waals surface area contributed by atoms with Crippen molar-refractivity contribution in [2.45, 2.75) is 32.2 Å². The molecule has 2 heteroatoms. The molecule has 1 atom stereocenters. The van der Waals surface area contributed by atoms with Crippen molar-refractivity contribution in [3.63, 3.8) is 0 Å². The molecule has 0 aromatic carbocycles. The predicted molar refractivity (Wildman–Crippen MR) is 53.3 cm³/mol. The fraction of sp³-hybridized carbons (Fsp3) is 0.727. The number of nitrogens with zero attached hydrogens (tertiary/aromatic N) is 1. The number of likely N-dealkylation sites (tertiary alicyclic amines) is 1. The summed E-state index contributed by atoms with van der Waals surface area (Å²) in [6.45, 7) is 3.99. The molecule has 0 N–H and O–H groups in total. The first kappa shape index (κ1) is 10.3. The quantitative estimate of drug-likeness (QED) is 0.481. The molecule has 1 rings (SSSR count). The first-order chi connectivity index (χ1) is 6.27. The zero-order chi connectivity index (χ0) is 9.68. The van der Waals surface area contributed by atoms with Gasteiger partial charge in [-0.25, -0.2) is 0 Å². The van der Waals surface area contributed by atoms with Crippen molar-refractivity contribution in [3.05, 3.63) is 0 Å². The van der Waals surface area contributed by atoms with Gasteiger partial charge in [0.15, 0.2) is 0 Å². The Kier molecular flexibility index (Phi) is 3.98. The smallest absolute Gasteiger partial charge is 0.136 e. The van der Waals surface area contributed by atoms with E-state index >= 15 is 0 Å². The number of carbonyl (C=O) groups is 1. The van der Waals surface area contributed by atoms with Crippen LogP contribution in [0, 0.1) is 18.3 Å². The van der Waals surface area contributed by atoms with Gasteiger partial charge in [0, 0.05) is 6.42 Å². The molecule has 1 saturated heterocycles. The lowest BCUT2D eigenvalue weighted by Gasteiger charge is -2.33. The fourth-order valence-corrected chi connectivity index (χ4v) is 1.82. The van der Waals surface area contributed by atoms with E-state index in [1.54, 1.807) is 0 Å². The summed E-state index contributed by atoms with van der Waals surface area (Å²) in [5.74, 6) is 3.39. The van der Waals surface area contributed by atoms with E-state index in [1.165, 1.54) is 0 Å². The molecule has 0 amide bonds. The first-order valence-corrected chi connectivity index (χ1v) is 4.90. The fourth-order valence-electron chi connectivity index (χ4n) is 1.82. The average molecular weight is 179 g/mol. The summed E-state index contributed by atoms with van der Waals surface area (Å²) in [4.78, 5) is 12.8. The summed E-state index contributed by atoms with van der Waals surface area (Å²) in [7, 11) is 0. The summed E-state index contributed by atoms with van der Waals surface area (Å²) >= 11 is 0. The third-order valence-electron chi connectivity index (χ3n) is 2.83. The van der Waals surface area contributed by atoms with E-state index in [2.05, 4.69) is 10.8 Å². The number of carbonyl (C=O) groups excluding carboxylic acids is 1. The highest BCUT2D eigenvalue weighted by Gasteiger charge is 2.21. The summed E-state index contributed by atoms with van der Waals surface area (Å²) in [6, 6.07) is 0.0757. The minimum Gasteiger partial charge on any atom is -0.302 e. The van der Waals surface area contributed by atoms with Crippen molar-refractivity contribution in [2.24, 2.45) is 5.92 Å². The molecule has 13 heavy (non-hydrogen) atoms. The Morgan fingerprint density at radius 1 is 1.62 bits per heavy atom. The van der Waals surface area contributed by atoms with E-state index in [0.717, 1.165) is 38.6 Å². The Morgan fingerprint density at radius 3 is 2.69 bits per heavy atom. The maximum Gasteiger partial charge on any atom is 0.136 e. The van der Waals surface area contributed by atoms with Gasteiger partial charge >= 0.3 is 0 Å². The maximum absolute atomic E-state index is 10.5. The molecule has 1 aliphatic rings. The third kappa shape index (κ3) is 2.86. The van der Waals surface area contributed by atoms with E-state index in [4.69, 9.17) is 6.42 Å². The molecule has 1 aliphatic heterocycles. The number of hydrogen-bond acceptors (Lipinski definition) is 2. The van der Waals surface area contributed by atoms with E-state index in [1.807, 2.05) is 6.92 Å². The largest absolute Gasteiger partial charge is 0.302 e. The van der Waals surface area contributed by atoms with Gasteiger partial charge in [-0.05, 0) is 38.8 Å². The highest BCUT2D eigenvalue weighted by atomic mass is 16.1. The molecule has 1 unspecified atom stereocenters. The highest BCUT2D eigenvalue weighted by molar-refractivity contribution is 5.56. The molecule has 1 fully saturated rings. The van der Waals surface area contributed by atoms with Crippen LogP contribution >= 0.6 is 0 Å². The second-order valence-electron chi connectivity index (χ2n) is 3.76. The van der Waals surface area contributed by atoms with Crippen LogP contribution in [0.3, 0.4) is 0 Å². The van der Waals surface area contributed by atoms with Gasteiger partial charge < -0.3 is 4.79 Å². The molecule has 0 saturated carbocycles.